The zero-order valence-corrected chi connectivity index (χ0v) is 11.4. The van der Waals surface area contributed by atoms with E-state index in [0.29, 0.717) is 5.69 Å². The SMILES string of the molecule is CC(C)(C)c1c(C(F)(F)F)[nH]n(-c2ccccc2)c1=O. The van der Waals surface area contributed by atoms with Crippen LogP contribution in [0.2, 0.25) is 0 Å². The van der Waals surface area contributed by atoms with Crippen molar-refractivity contribution >= 4 is 0 Å². The number of H-pyrrole nitrogens is 1. The Labute approximate surface area is 114 Å². The van der Waals surface area contributed by atoms with Crippen LogP contribution in [0.15, 0.2) is 35.1 Å². The van der Waals surface area contributed by atoms with Crippen LogP contribution in [0.4, 0.5) is 13.2 Å². The van der Waals surface area contributed by atoms with Gasteiger partial charge in [-0.2, -0.15) is 13.2 Å². The molecule has 1 aromatic carbocycles. The first-order valence-electron chi connectivity index (χ1n) is 6.10. The predicted octanol–water partition coefficient (Wildman–Crippen LogP) is 3.48. The monoisotopic (exact) mass is 284 g/mol. The van der Waals surface area contributed by atoms with E-state index in [1.165, 1.54) is 0 Å². The van der Waals surface area contributed by atoms with Crippen LogP contribution in [-0.2, 0) is 11.6 Å². The first-order chi connectivity index (χ1) is 9.12. The number of rotatable bonds is 1. The first kappa shape index (κ1) is 14.4. The summed E-state index contributed by atoms with van der Waals surface area (Å²) < 4.78 is 40.2. The Morgan fingerprint density at radius 3 is 2.00 bits per heavy atom. The topological polar surface area (TPSA) is 37.8 Å². The molecule has 1 aromatic heterocycles. The van der Waals surface area contributed by atoms with Gasteiger partial charge in [0.1, 0.15) is 5.69 Å². The number of para-hydroxylation sites is 1. The van der Waals surface area contributed by atoms with E-state index in [0.717, 1.165) is 4.68 Å². The molecule has 0 amide bonds. The maximum Gasteiger partial charge on any atom is 0.433 e. The number of hydrogen-bond donors (Lipinski definition) is 1. The van der Waals surface area contributed by atoms with Crippen molar-refractivity contribution in [2.45, 2.75) is 32.4 Å². The summed E-state index contributed by atoms with van der Waals surface area (Å²) in [6.45, 7) is 4.76. The number of aromatic nitrogens is 2. The fourth-order valence-electron chi connectivity index (χ4n) is 2.10. The number of hydrogen-bond acceptors (Lipinski definition) is 1. The zero-order valence-electron chi connectivity index (χ0n) is 11.4. The highest BCUT2D eigenvalue weighted by atomic mass is 19.4. The van der Waals surface area contributed by atoms with Crippen molar-refractivity contribution in [3.8, 4) is 5.69 Å². The van der Waals surface area contributed by atoms with Crippen LogP contribution in [0, 0.1) is 0 Å². The summed E-state index contributed by atoms with van der Waals surface area (Å²) in [6.07, 6.45) is -4.60. The highest BCUT2D eigenvalue weighted by molar-refractivity contribution is 5.36. The van der Waals surface area contributed by atoms with Crippen molar-refractivity contribution in [1.82, 2.24) is 9.78 Å². The maximum atomic E-state index is 13.1. The van der Waals surface area contributed by atoms with Gasteiger partial charge < -0.3 is 0 Å². The second-order valence-electron chi connectivity index (χ2n) is 5.59. The van der Waals surface area contributed by atoms with E-state index >= 15 is 0 Å². The Morgan fingerprint density at radius 2 is 1.60 bits per heavy atom. The second-order valence-corrected chi connectivity index (χ2v) is 5.59. The number of halogens is 3. The lowest BCUT2D eigenvalue weighted by molar-refractivity contribution is -0.142. The third kappa shape index (κ3) is 2.50. The average Bonchev–Trinajstić information content (AvgIpc) is 2.67. The summed E-state index contributed by atoms with van der Waals surface area (Å²) in [7, 11) is 0. The van der Waals surface area contributed by atoms with Gasteiger partial charge in [-0.25, -0.2) is 4.68 Å². The molecule has 0 bridgehead atoms. The molecule has 0 saturated carbocycles. The normalized spacial score (nSPS) is 12.7. The number of aromatic amines is 1. The highest BCUT2D eigenvalue weighted by Crippen LogP contribution is 2.34. The molecular weight excluding hydrogens is 269 g/mol. The van der Waals surface area contributed by atoms with E-state index < -0.39 is 22.8 Å². The van der Waals surface area contributed by atoms with Crippen molar-refractivity contribution in [2.75, 3.05) is 0 Å². The molecule has 0 aliphatic heterocycles. The minimum atomic E-state index is -4.60. The largest absolute Gasteiger partial charge is 0.433 e. The molecule has 2 rings (SSSR count). The molecule has 2 aromatic rings. The molecule has 0 radical (unpaired) electrons. The van der Waals surface area contributed by atoms with Crippen molar-refractivity contribution < 1.29 is 13.2 Å². The molecule has 108 valence electrons. The lowest BCUT2D eigenvalue weighted by Gasteiger charge is -2.18. The number of alkyl halides is 3. The average molecular weight is 284 g/mol. The Morgan fingerprint density at radius 1 is 1.05 bits per heavy atom. The first-order valence-corrected chi connectivity index (χ1v) is 6.10. The van der Waals surface area contributed by atoms with E-state index in [1.807, 2.05) is 0 Å². The van der Waals surface area contributed by atoms with Crippen LogP contribution in [-0.4, -0.2) is 9.78 Å². The molecule has 6 heteroatoms. The lowest BCUT2D eigenvalue weighted by Crippen LogP contribution is -2.27. The molecule has 0 fully saturated rings. The molecule has 0 saturated heterocycles. The van der Waals surface area contributed by atoms with Gasteiger partial charge in [-0.3, -0.25) is 9.89 Å². The van der Waals surface area contributed by atoms with Gasteiger partial charge >= 0.3 is 6.18 Å². The molecule has 0 unspecified atom stereocenters. The van der Waals surface area contributed by atoms with Gasteiger partial charge in [-0.05, 0) is 17.5 Å². The molecule has 0 aliphatic rings. The van der Waals surface area contributed by atoms with Gasteiger partial charge in [-0.15, -0.1) is 0 Å². The quantitative estimate of drug-likeness (QED) is 0.855. The van der Waals surface area contributed by atoms with Crippen molar-refractivity contribution in [3.63, 3.8) is 0 Å². The van der Waals surface area contributed by atoms with Crippen LogP contribution in [0.5, 0.6) is 0 Å². The summed E-state index contributed by atoms with van der Waals surface area (Å²) in [5, 5.41) is 2.19. The van der Waals surface area contributed by atoms with Crippen LogP contribution in [0.1, 0.15) is 32.0 Å². The standard InChI is InChI=1S/C14H15F3N2O/c1-13(2,3)10-11(14(15,16)17)18-19(12(10)20)9-7-5-4-6-8-9/h4-8,18H,1-3H3. The van der Waals surface area contributed by atoms with E-state index in [1.54, 1.807) is 51.1 Å². The lowest BCUT2D eigenvalue weighted by atomic mass is 9.87. The third-order valence-corrected chi connectivity index (χ3v) is 2.94. The Hall–Kier alpha value is -1.98. The van der Waals surface area contributed by atoms with Crippen molar-refractivity contribution in [2.24, 2.45) is 0 Å². The number of nitrogens with one attached hydrogen (secondary N) is 1. The molecule has 1 heterocycles. The molecule has 0 atom stereocenters. The fraction of sp³-hybridized carbons (Fsp3) is 0.357. The summed E-state index contributed by atoms with van der Waals surface area (Å²) in [5.41, 5.74) is -2.44. The van der Waals surface area contributed by atoms with Gasteiger partial charge in [0.25, 0.3) is 5.56 Å². The van der Waals surface area contributed by atoms with Crippen LogP contribution < -0.4 is 5.56 Å². The highest BCUT2D eigenvalue weighted by Gasteiger charge is 2.41. The Kier molecular flexibility index (Phi) is 3.28. The van der Waals surface area contributed by atoms with Gasteiger partial charge in [0.15, 0.2) is 0 Å². The summed E-state index contributed by atoms with van der Waals surface area (Å²) >= 11 is 0. The molecule has 20 heavy (non-hydrogen) atoms. The minimum absolute atomic E-state index is 0.256. The van der Waals surface area contributed by atoms with Crippen molar-refractivity contribution in [1.29, 1.82) is 0 Å². The minimum Gasteiger partial charge on any atom is -0.286 e. The predicted molar refractivity (Wildman–Crippen MR) is 70.1 cm³/mol. The second kappa shape index (κ2) is 4.54. The number of nitrogens with zero attached hydrogens (tertiary/aromatic N) is 1. The van der Waals surface area contributed by atoms with Crippen LogP contribution in [0.25, 0.3) is 5.69 Å². The molecule has 3 nitrogen and oxygen atoms in total. The Bertz CT molecular complexity index is 660. The number of benzene rings is 1. The molecule has 1 N–H and O–H groups in total. The van der Waals surface area contributed by atoms with E-state index in [-0.39, 0.29) is 5.56 Å². The van der Waals surface area contributed by atoms with Gasteiger partial charge in [0.2, 0.25) is 0 Å². The van der Waals surface area contributed by atoms with Crippen LogP contribution >= 0.6 is 0 Å². The van der Waals surface area contributed by atoms with E-state index in [2.05, 4.69) is 5.10 Å². The maximum absolute atomic E-state index is 13.1. The van der Waals surface area contributed by atoms with E-state index in [9.17, 15) is 18.0 Å². The van der Waals surface area contributed by atoms with Gasteiger partial charge in [0, 0.05) is 0 Å². The summed E-state index contributed by atoms with van der Waals surface area (Å²) in [5.74, 6) is 0. The molecule has 0 spiro atoms. The smallest absolute Gasteiger partial charge is 0.286 e. The van der Waals surface area contributed by atoms with E-state index in [4.69, 9.17) is 0 Å². The zero-order chi connectivity index (χ0) is 15.1. The van der Waals surface area contributed by atoms with Crippen LogP contribution in [0.3, 0.4) is 0 Å². The summed E-state index contributed by atoms with van der Waals surface area (Å²) in [6, 6.07) is 8.20. The Balaban J connectivity index is 2.76. The third-order valence-electron chi connectivity index (χ3n) is 2.94. The van der Waals surface area contributed by atoms with Gasteiger partial charge in [-0.1, -0.05) is 39.0 Å². The fourth-order valence-corrected chi connectivity index (χ4v) is 2.10. The van der Waals surface area contributed by atoms with Gasteiger partial charge in [0.05, 0.1) is 11.3 Å². The van der Waals surface area contributed by atoms with Crippen molar-refractivity contribution in [3.05, 3.63) is 51.9 Å². The summed E-state index contributed by atoms with van der Waals surface area (Å²) in [4.78, 5) is 12.3. The molecule has 0 aliphatic carbocycles. The molecular formula is C14H15F3N2O.